The molecule has 1 saturated heterocycles. The van der Waals surface area contributed by atoms with Gasteiger partial charge in [-0.05, 0) is 42.7 Å². The van der Waals surface area contributed by atoms with Crippen LogP contribution >= 0.6 is 0 Å². The van der Waals surface area contributed by atoms with Crippen molar-refractivity contribution in [2.45, 2.75) is 37.2 Å². The monoisotopic (exact) mass is 431 g/mol. The molecule has 1 unspecified atom stereocenters. The average molecular weight is 432 g/mol. The van der Waals surface area contributed by atoms with Crippen molar-refractivity contribution in [3.63, 3.8) is 0 Å². The molecule has 30 heavy (non-hydrogen) atoms. The van der Waals surface area contributed by atoms with Crippen LogP contribution in [0.3, 0.4) is 0 Å². The van der Waals surface area contributed by atoms with Crippen LogP contribution < -0.4 is 4.90 Å². The quantitative estimate of drug-likeness (QED) is 0.747. The molecule has 0 bridgehead atoms. The molecule has 6 nitrogen and oxygen atoms in total. The summed E-state index contributed by atoms with van der Waals surface area (Å²) in [5.41, 5.74) is 2.29. The van der Waals surface area contributed by atoms with Gasteiger partial charge >= 0.3 is 0 Å². The van der Waals surface area contributed by atoms with Crippen LogP contribution in [0.5, 0.6) is 0 Å². The maximum atomic E-state index is 14.4. The van der Waals surface area contributed by atoms with E-state index >= 15 is 0 Å². The fourth-order valence-electron chi connectivity index (χ4n) is 4.10. The van der Waals surface area contributed by atoms with Crippen molar-refractivity contribution < 1.29 is 17.6 Å². The minimum atomic E-state index is -3.92. The van der Waals surface area contributed by atoms with E-state index in [9.17, 15) is 17.6 Å². The second kappa shape index (κ2) is 8.00. The molecule has 4 rings (SSSR count). The minimum Gasteiger partial charge on any atom is -0.372 e. The summed E-state index contributed by atoms with van der Waals surface area (Å²) in [6.07, 6.45) is 1.52. The number of sulfonamides is 1. The zero-order chi connectivity index (χ0) is 21.5. The number of benzene rings is 2. The molecule has 0 radical (unpaired) electrons. The molecule has 0 saturated carbocycles. The zero-order valence-electron chi connectivity index (χ0n) is 17.2. The molecule has 2 heterocycles. The smallest absolute Gasteiger partial charge is 0.254 e. The molecule has 1 amide bonds. The minimum absolute atomic E-state index is 0.0459. The molecular formula is C22H26FN3O3S. The van der Waals surface area contributed by atoms with Crippen molar-refractivity contribution in [1.82, 2.24) is 9.21 Å². The van der Waals surface area contributed by atoms with Gasteiger partial charge in [0.1, 0.15) is 10.7 Å². The van der Waals surface area contributed by atoms with Crippen molar-refractivity contribution in [2.24, 2.45) is 0 Å². The van der Waals surface area contributed by atoms with Gasteiger partial charge in [0.05, 0.1) is 0 Å². The van der Waals surface area contributed by atoms with Gasteiger partial charge in [0.25, 0.3) is 5.91 Å². The van der Waals surface area contributed by atoms with Crippen LogP contribution in [0, 0.1) is 5.82 Å². The molecular weight excluding hydrogens is 405 g/mol. The number of hydrogen-bond acceptors (Lipinski definition) is 4. The summed E-state index contributed by atoms with van der Waals surface area (Å²) in [6, 6.07) is 11.5. The van der Waals surface area contributed by atoms with Crippen molar-refractivity contribution in [3.05, 3.63) is 59.4 Å². The molecule has 8 heteroatoms. The van der Waals surface area contributed by atoms with Crippen LogP contribution in [0.4, 0.5) is 10.1 Å². The first-order valence-corrected chi connectivity index (χ1v) is 11.7. The van der Waals surface area contributed by atoms with Gasteiger partial charge < -0.3 is 9.80 Å². The van der Waals surface area contributed by atoms with E-state index in [0.29, 0.717) is 26.2 Å². The number of rotatable bonds is 4. The summed E-state index contributed by atoms with van der Waals surface area (Å²) in [7, 11) is -1.92. The fourth-order valence-corrected chi connectivity index (χ4v) is 5.70. The Labute approximate surface area is 176 Å². The molecule has 160 valence electrons. The van der Waals surface area contributed by atoms with Crippen LogP contribution in [0.1, 0.15) is 35.7 Å². The largest absolute Gasteiger partial charge is 0.372 e. The Morgan fingerprint density at radius 2 is 1.90 bits per heavy atom. The van der Waals surface area contributed by atoms with Crippen LogP contribution in [-0.4, -0.2) is 56.3 Å². The maximum Gasteiger partial charge on any atom is 0.254 e. The van der Waals surface area contributed by atoms with Crippen LogP contribution in [0.25, 0.3) is 0 Å². The number of amides is 1. The third-order valence-corrected chi connectivity index (χ3v) is 7.93. The van der Waals surface area contributed by atoms with Gasteiger partial charge in [-0.1, -0.05) is 25.1 Å². The highest BCUT2D eigenvalue weighted by Crippen LogP contribution is 2.29. The molecule has 2 aromatic carbocycles. The highest BCUT2D eigenvalue weighted by molar-refractivity contribution is 7.89. The number of nitrogens with zero attached hydrogens (tertiary/aromatic N) is 3. The number of halogens is 1. The van der Waals surface area contributed by atoms with E-state index in [1.54, 1.807) is 4.90 Å². The van der Waals surface area contributed by atoms with Gasteiger partial charge in [-0.25, -0.2) is 12.8 Å². The van der Waals surface area contributed by atoms with E-state index in [-0.39, 0.29) is 17.5 Å². The molecule has 0 spiro atoms. The van der Waals surface area contributed by atoms with Gasteiger partial charge in [0, 0.05) is 50.5 Å². The van der Waals surface area contributed by atoms with Gasteiger partial charge in [-0.2, -0.15) is 4.31 Å². The summed E-state index contributed by atoms with van der Waals surface area (Å²) in [5.74, 6) is -1.11. The first kappa shape index (κ1) is 20.8. The predicted molar refractivity (Wildman–Crippen MR) is 113 cm³/mol. The van der Waals surface area contributed by atoms with Crippen LogP contribution in [0.15, 0.2) is 47.4 Å². The SMILES string of the molecule is CCC1CN(C)c2ccccc2CN1C(=O)c1ccc(F)c(S(=O)(=O)N2CCC2)c1. The fraction of sp³-hybridized carbons (Fsp3) is 0.409. The molecule has 0 aromatic heterocycles. The molecule has 1 fully saturated rings. The normalized spacial score (nSPS) is 19.8. The van der Waals surface area contributed by atoms with E-state index in [1.165, 1.54) is 16.4 Å². The number of carbonyl (C=O) groups excluding carboxylic acids is 1. The highest BCUT2D eigenvalue weighted by atomic mass is 32.2. The first-order chi connectivity index (χ1) is 14.3. The summed E-state index contributed by atoms with van der Waals surface area (Å²) < 4.78 is 41.1. The van der Waals surface area contributed by atoms with Crippen molar-refractivity contribution in [2.75, 3.05) is 31.6 Å². The second-order valence-corrected chi connectivity index (χ2v) is 9.81. The Bertz CT molecular complexity index is 1070. The number of anilines is 1. The second-order valence-electron chi connectivity index (χ2n) is 7.91. The van der Waals surface area contributed by atoms with E-state index in [1.807, 2.05) is 38.2 Å². The van der Waals surface area contributed by atoms with E-state index in [2.05, 4.69) is 4.90 Å². The predicted octanol–water partition coefficient (Wildman–Crippen LogP) is 3.09. The number of carbonyl (C=O) groups is 1. The molecule has 0 aliphatic carbocycles. The van der Waals surface area contributed by atoms with Gasteiger partial charge in [0.15, 0.2) is 0 Å². The summed E-state index contributed by atoms with van der Waals surface area (Å²) >= 11 is 0. The van der Waals surface area contributed by atoms with Crippen molar-refractivity contribution in [3.8, 4) is 0 Å². The van der Waals surface area contributed by atoms with E-state index in [4.69, 9.17) is 0 Å². The lowest BCUT2D eigenvalue weighted by Crippen LogP contribution is -2.44. The Morgan fingerprint density at radius 3 is 2.57 bits per heavy atom. The Kier molecular flexibility index (Phi) is 5.55. The summed E-state index contributed by atoms with van der Waals surface area (Å²) in [4.78, 5) is 16.9. The molecule has 2 aromatic rings. The standard InChI is InChI=1S/C22H26FN3O3S/c1-3-18-15-24(2)20-8-5-4-7-17(20)14-26(18)22(27)16-9-10-19(23)21(13-16)30(28,29)25-11-6-12-25/h4-5,7-10,13,18H,3,6,11-12,14-15H2,1-2H3. The number of likely N-dealkylation sites (N-methyl/N-ethyl adjacent to an activating group) is 1. The van der Waals surface area contributed by atoms with Gasteiger partial charge in [-0.3, -0.25) is 4.79 Å². The molecule has 2 aliphatic rings. The number of para-hydroxylation sites is 1. The number of hydrogen-bond donors (Lipinski definition) is 0. The summed E-state index contributed by atoms with van der Waals surface area (Å²) in [6.45, 7) is 3.88. The van der Waals surface area contributed by atoms with Gasteiger partial charge in [0.2, 0.25) is 10.0 Å². The maximum absolute atomic E-state index is 14.4. The lowest BCUT2D eigenvalue weighted by atomic mass is 10.1. The Morgan fingerprint density at radius 1 is 1.17 bits per heavy atom. The Balaban J connectivity index is 1.70. The molecule has 1 atom stereocenters. The van der Waals surface area contributed by atoms with E-state index < -0.39 is 20.7 Å². The van der Waals surface area contributed by atoms with Crippen molar-refractivity contribution in [1.29, 1.82) is 0 Å². The molecule has 2 aliphatic heterocycles. The lowest BCUT2D eigenvalue weighted by molar-refractivity contribution is 0.0667. The average Bonchev–Trinajstić information content (AvgIpc) is 2.82. The van der Waals surface area contributed by atoms with Gasteiger partial charge in [-0.15, -0.1) is 0 Å². The van der Waals surface area contributed by atoms with Crippen LogP contribution in [0.2, 0.25) is 0 Å². The first-order valence-electron chi connectivity index (χ1n) is 10.2. The number of fused-ring (bicyclic) bond motifs is 1. The third-order valence-electron chi connectivity index (χ3n) is 6.01. The molecule has 0 N–H and O–H groups in total. The third kappa shape index (κ3) is 3.58. The topological polar surface area (TPSA) is 60.9 Å². The zero-order valence-corrected chi connectivity index (χ0v) is 18.0. The lowest BCUT2D eigenvalue weighted by Gasteiger charge is -2.31. The van der Waals surface area contributed by atoms with E-state index in [0.717, 1.165) is 30.2 Å². The van der Waals surface area contributed by atoms with Crippen LogP contribution in [-0.2, 0) is 16.6 Å². The van der Waals surface area contributed by atoms with Crippen molar-refractivity contribution >= 4 is 21.6 Å². The highest BCUT2D eigenvalue weighted by Gasteiger charge is 2.34. The summed E-state index contributed by atoms with van der Waals surface area (Å²) in [5, 5.41) is 0. The Hall–Kier alpha value is -2.45.